The molecule has 5 nitrogen and oxygen atoms in total. The molecule has 4 aromatic rings. The summed E-state index contributed by atoms with van der Waals surface area (Å²) in [5, 5.41) is 2.62. The van der Waals surface area contributed by atoms with Gasteiger partial charge in [0.25, 0.3) is 0 Å². The summed E-state index contributed by atoms with van der Waals surface area (Å²) in [5.41, 5.74) is 4.64. The summed E-state index contributed by atoms with van der Waals surface area (Å²) >= 11 is 13.2. The number of carbonyl (C=O) groups excluding carboxylic acids is 1. The van der Waals surface area contributed by atoms with Crippen LogP contribution in [0.1, 0.15) is 5.56 Å². The van der Waals surface area contributed by atoms with E-state index in [0.29, 0.717) is 32.8 Å². The highest BCUT2D eigenvalue weighted by Crippen LogP contribution is 2.34. The predicted molar refractivity (Wildman–Crippen MR) is 116 cm³/mol. The maximum Gasteiger partial charge on any atom is 0.326 e. The highest BCUT2D eigenvalue weighted by Gasteiger charge is 2.17. The van der Waals surface area contributed by atoms with E-state index in [9.17, 15) is 9.59 Å². The van der Waals surface area contributed by atoms with Crippen molar-refractivity contribution in [2.75, 3.05) is 5.43 Å². The lowest BCUT2D eigenvalue weighted by Gasteiger charge is -2.08. The van der Waals surface area contributed by atoms with E-state index in [1.165, 1.54) is 4.68 Å². The van der Waals surface area contributed by atoms with E-state index in [-0.39, 0.29) is 17.2 Å². The number of rotatable bonds is 5. The topological polar surface area (TPSA) is 64.2 Å². The van der Waals surface area contributed by atoms with Gasteiger partial charge in [-0.25, -0.2) is 4.68 Å². The monoisotopic (exact) mass is 444 g/mol. The number of nitrogens with zero attached hydrogens (tertiary/aromatic N) is 1. The molecule has 2 aromatic heterocycles. The Morgan fingerprint density at radius 3 is 2.55 bits per heavy atom. The Balaban J connectivity index is 1.60. The van der Waals surface area contributed by atoms with E-state index < -0.39 is 0 Å². The number of furan rings is 1. The van der Waals surface area contributed by atoms with Crippen molar-refractivity contribution >= 4 is 40.4 Å². The smallest absolute Gasteiger partial charge is 0.326 e. The number of thiazole rings is 1. The lowest BCUT2D eigenvalue weighted by molar-refractivity contribution is -0.116. The number of carbonyl (C=O) groups is 1. The Bertz CT molecular complexity index is 1230. The van der Waals surface area contributed by atoms with Crippen molar-refractivity contribution in [2.45, 2.75) is 6.42 Å². The molecule has 0 saturated carbocycles. The van der Waals surface area contributed by atoms with Crippen LogP contribution in [0.15, 0.2) is 75.3 Å². The Hall–Kier alpha value is -2.80. The zero-order valence-corrected chi connectivity index (χ0v) is 17.2. The number of nitrogens with one attached hydrogen (secondary N) is 1. The first-order chi connectivity index (χ1) is 14.0. The summed E-state index contributed by atoms with van der Waals surface area (Å²) in [6.45, 7) is 0. The summed E-state index contributed by atoms with van der Waals surface area (Å²) in [5.74, 6) is 0.664. The third kappa shape index (κ3) is 4.29. The van der Waals surface area contributed by atoms with Gasteiger partial charge in [0.1, 0.15) is 11.5 Å². The molecule has 1 amide bonds. The van der Waals surface area contributed by atoms with Crippen molar-refractivity contribution in [3.8, 4) is 22.8 Å². The molecule has 0 aliphatic carbocycles. The van der Waals surface area contributed by atoms with Crippen LogP contribution in [0.5, 0.6) is 0 Å². The second kappa shape index (κ2) is 8.29. The first-order valence-corrected chi connectivity index (χ1v) is 10.2. The highest BCUT2D eigenvalue weighted by molar-refractivity contribution is 7.07. The fourth-order valence-electron chi connectivity index (χ4n) is 2.84. The van der Waals surface area contributed by atoms with Crippen LogP contribution in [0.2, 0.25) is 10.0 Å². The normalized spacial score (nSPS) is 10.8. The van der Waals surface area contributed by atoms with Gasteiger partial charge >= 0.3 is 4.87 Å². The van der Waals surface area contributed by atoms with E-state index in [0.717, 1.165) is 16.9 Å². The van der Waals surface area contributed by atoms with Crippen molar-refractivity contribution in [2.24, 2.45) is 0 Å². The number of hydrogen-bond acceptors (Lipinski definition) is 4. The van der Waals surface area contributed by atoms with Gasteiger partial charge in [0.15, 0.2) is 5.76 Å². The second-order valence-corrected chi connectivity index (χ2v) is 7.87. The van der Waals surface area contributed by atoms with E-state index in [1.807, 2.05) is 30.3 Å². The van der Waals surface area contributed by atoms with Gasteiger partial charge in [0, 0.05) is 16.0 Å². The number of halogens is 2. The molecule has 2 aromatic carbocycles. The molecule has 0 atom stereocenters. The van der Waals surface area contributed by atoms with Crippen molar-refractivity contribution in [3.63, 3.8) is 0 Å². The lowest BCUT2D eigenvalue weighted by atomic mass is 10.1. The average molecular weight is 445 g/mol. The zero-order chi connectivity index (χ0) is 20.4. The lowest BCUT2D eigenvalue weighted by Crippen LogP contribution is -2.31. The Morgan fingerprint density at radius 1 is 1.03 bits per heavy atom. The van der Waals surface area contributed by atoms with Crippen LogP contribution in [0.25, 0.3) is 22.8 Å². The molecule has 0 spiro atoms. The van der Waals surface area contributed by atoms with Gasteiger partial charge in [-0.1, -0.05) is 64.9 Å². The van der Waals surface area contributed by atoms with Crippen molar-refractivity contribution in [1.82, 2.24) is 4.68 Å². The van der Waals surface area contributed by atoms with E-state index >= 15 is 0 Å². The van der Waals surface area contributed by atoms with Crippen molar-refractivity contribution in [3.05, 3.63) is 91.3 Å². The van der Waals surface area contributed by atoms with Crippen LogP contribution in [-0.4, -0.2) is 10.6 Å². The van der Waals surface area contributed by atoms with E-state index in [4.69, 9.17) is 27.6 Å². The predicted octanol–water partition coefficient (Wildman–Crippen LogP) is 5.46. The van der Waals surface area contributed by atoms with Gasteiger partial charge in [-0.15, -0.1) is 0 Å². The Labute approximate surface area is 180 Å². The summed E-state index contributed by atoms with van der Waals surface area (Å²) in [6.07, 6.45) is 0.159. The molecule has 0 fully saturated rings. The largest absolute Gasteiger partial charge is 0.454 e. The van der Waals surface area contributed by atoms with Crippen LogP contribution in [0, 0.1) is 0 Å². The first-order valence-electron chi connectivity index (χ1n) is 8.61. The van der Waals surface area contributed by atoms with Gasteiger partial charge in [-0.2, -0.15) is 0 Å². The van der Waals surface area contributed by atoms with Gasteiger partial charge in [-0.3, -0.25) is 15.0 Å². The van der Waals surface area contributed by atoms with E-state index in [1.54, 1.807) is 35.7 Å². The fourth-order valence-corrected chi connectivity index (χ4v) is 4.02. The van der Waals surface area contributed by atoms with Crippen LogP contribution in [-0.2, 0) is 11.2 Å². The zero-order valence-electron chi connectivity index (χ0n) is 14.9. The van der Waals surface area contributed by atoms with Crippen molar-refractivity contribution in [1.29, 1.82) is 0 Å². The summed E-state index contributed by atoms with van der Waals surface area (Å²) in [4.78, 5) is 24.3. The number of hydrogen-bond donors (Lipinski definition) is 1. The molecule has 146 valence electrons. The average Bonchev–Trinajstić information content (AvgIpc) is 3.30. The third-order valence-corrected chi connectivity index (χ3v) is 5.47. The van der Waals surface area contributed by atoms with E-state index in [2.05, 4.69) is 5.43 Å². The molecule has 0 aliphatic heterocycles. The Morgan fingerprint density at radius 2 is 1.79 bits per heavy atom. The van der Waals surface area contributed by atoms with Gasteiger partial charge in [0.2, 0.25) is 5.91 Å². The summed E-state index contributed by atoms with van der Waals surface area (Å²) < 4.78 is 7.09. The molecule has 0 bridgehead atoms. The molecule has 0 saturated heterocycles. The first kappa shape index (κ1) is 19.5. The van der Waals surface area contributed by atoms with Crippen LogP contribution < -0.4 is 10.3 Å². The summed E-state index contributed by atoms with van der Waals surface area (Å²) in [7, 11) is 0. The Kier molecular flexibility index (Phi) is 5.58. The molecule has 0 unspecified atom stereocenters. The summed E-state index contributed by atoms with van der Waals surface area (Å²) in [6, 6.07) is 17.9. The SMILES string of the molecule is O=C(Cc1ccccc1)Nn1c(-c2ccc(-c3ccc(Cl)cc3Cl)o2)csc1=O. The van der Waals surface area contributed by atoms with Gasteiger partial charge in [0.05, 0.1) is 11.4 Å². The molecule has 0 radical (unpaired) electrons. The standard InChI is InChI=1S/C21H14Cl2N2O3S/c22-14-6-7-15(16(23)11-14)18-8-9-19(28-18)17-12-29-21(27)25(17)24-20(26)10-13-4-2-1-3-5-13/h1-9,11-12H,10H2,(H,24,26). The molecule has 0 aliphatic rings. The molecular weight excluding hydrogens is 431 g/mol. The number of amides is 1. The van der Waals surface area contributed by atoms with Crippen LogP contribution in [0.3, 0.4) is 0 Å². The minimum atomic E-state index is -0.316. The maximum atomic E-state index is 12.4. The van der Waals surface area contributed by atoms with Gasteiger partial charge < -0.3 is 4.42 Å². The minimum Gasteiger partial charge on any atom is -0.454 e. The highest BCUT2D eigenvalue weighted by atomic mass is 35.5. The number of benzene rings is 2. The van der Waals surface area contributed by atoms with Gasteiger partial charge in [-0.05, 0) is 35.9 Å². The quantitative estimate of drug-likeness (QED) is 0.444. The van der Waals surface area contributed by atoms with Crippen molar-refractivity contribution < 1.29 is 9.21 Å². The molecule has 4 rings (SSSR count). The molecule has 2 heterocycles. The second-order valence-electron chi connectivity index (χ2n) is 6.21. The molecule has 8 heteroatoms. The maximum absolute atomic E-state index is 12.4. The van der Waals surface area contributed by atoms with Crippen LogP contribution >= 0.6 is 34.5 Å². The molecule has 1 N–H and O–H groups in total. The minimum absolute atomic E-state index is 0.159. The fraction of sp³-hybridized carbons (Fsp3) is 0.0476. The molecule has 29 heavy (non-hydrogen) atoms. The molecular formula is C21H14Cl2N2O3S. The third-order valence-electron chi connectivity index (χ3n) is 4.19. The number of aromatic nitrogens is 1. The van der Waals surface area contributed by atoms with Crippen LogP contribution in [0.4, 0.5) is 0 Å².